The third-order valence-corrected chi connectivity index (χ3v) is 1.68. The van der Waals surface area contributed by atoms with Crippen molar-refractivity contribution in [1.29, 1.82) is 0 Å². The van der Waals surface area contributed by atoms with Crippen molar-refractivity contribution in [3.8, 4) is 0 Å². The van der Waals surface area contributed by atoms with Gasteiger partial charge in [0.2, 0.25) is 0 Å². The normalized spacial score (nSPS) is 18.8. The molecule has 1 heterocycles. The van der Waals surface area contributed by atoms with Gasteiger partial charge in [0.1, 0.15) is 0 Å². The molecular weight excluding hydrogens is 200 g/mol. The van der Waals surface area contributed by atoms with Gasteiger partial charge in [0, 0.05) is 17.8 Å². The molecule has 0 aliphatic carbocycles. The zero-order chi connectivity index (χ0) is 11.6. The average molecular weight is 210 g/mol. The molecule has 0 bridgehead atoms. The van der Waals surface area contributed by atoms with Gasteiger partial charge in [-0.3, -0.25) is 9.98 Å². The van der Waals surface area contributed by atoms with E-state index in [1.54, 1.807) is 13.8 Å². The number of aliphatic imine (C=N–C) groups is 2. The Bertz CT molecular complexity index is 368. The molecule has 1 aliphatic heterocycles. The molecule has 0 aromatic rings. The van der Waals surface area contributed by atoms with E-state index in [4.69, 9.17) is 10.2 Å². The SMILES string of the molecule is CC1(C)C=NC(C(=O)O)=C(C(=O)O)N=C1. The fourth-order valence-electron chi connectivity index (χ4n) is 0.930. The molecule has 15 heavy (non-hydrogen) atoms. The van der Waals surface area contributed by atoms with E-state index < -0.39 is 28.7 Å². The maximum absolute atomic E-state index is 10.7. The largest absolute Gasteiger partial charge is 0.476 e. The first-order chi connectivity index (χ1) is 6.83. The number of carboxylic acids is 2. The molecule has 0 amide bonds. The van der Waals surface area contributed by atoms with Gasteiger partial charge in [-0.15, -0.1) is 0 Å². The molecule has 6 heteroatoms. The molecule has 0 unspecified atom stereocenters. The quantitative estimate of drug-likeness (QED) is 0.695. The molecule has 0 saturated heterocycles. The van der Waals surface area contributed by atoms with Gasteiger partial charge >= 0.3 is 11.9 Å². The predicted molar refractivity (Wildman–Crippen MR) is 53.1 cm³/mol. The van der Waals surface area contributed by atoms with Gasteiger partial charge in [0.15, 0.2) is 11.4 Å². The maximum atomic E-state index is 10.7. The van der Waals surface area contributed by atoms with E-state index >= 15 is 0 Å². The van der Waals surface area contributed by atoms with E-state index in [0.29, 0.717) is 0 Å². The second-order valence-electron chi connectivity index (χ2n) is 3.65. The molecule has 0 atom stereocenters. The van der Waals surface area contributed by atoms with Crippen LogP contribution in [0.25, 0.3) is 0 Å². The highest BCUT2D eigenvalue weighted by Crippen LogP contribution is 2.18. The van der Waals surface area contributed by atoms with Crippen LogP contribution in [0.2, 0.25) is 0 Å². The Morgan fingerprint density at radius 1 is 1.07 bits per heavy atom. The van der Waals surface area contributed by atoms with E-state index in [2.05, 4.69) is 9.98 Å². The van der Waals surface area contributed by atoms with Crippen LogP contribution < -0.4 is 0 Å². The maximum Gasteiger partial charge on any atom is 0.357 e. The first kappa shape index (κ1) is 11.1. The lowest BCUT2D eigenvalue weighted by atomic mass is 9.98. The van der Waals surface area contributed by atoms with Crippen molar-refractivity contribution < 1.29 is 19.8 Å². The van der Waals surface area contributed by atoms with E-state index in [1.165, 1.54) is 12.4 Å². The Morgan fingerprint density at radius 3 is 1.67 bits per heavy atom. The van der Waals surface area contributed by atoms with Crippen LogP contribution in [0.1, 0.15) is 13.8 Å². The molecule has 80 valence electrons. The Balaban J connectivity index is 3.31. The lowest BCUT2D eigenvalue weighted by molar-refractivity contribution is -0.136. The van der Waals surface area contributed by atoms with Crippen LogP contribution in [-0.2, 0) is 9.59 Å². The summed E-state index contributed by atoms with van der Waals surface area (Å²) in [6.07, 6.45) is 2.71. The highest BCUT2D eigenvalue weighted by atomic mass is 16.4. The Kier molecular flexibility index (Phi) is 2.69. The number of hydrogen-bond donors (Lipinski definition) is 2. The minimum Gasteiger partial charge on any atom is -0.476 e. The van der Waals surface area contributed by atoms with Gasteiger partial charge in [0.05, 0.1) is 0 Å². The van der Waals surface area contributed by atoms with Crippen LogP contribution in [0.4, 0.5) is 0 Å². The first-order valence-corrected chi connectivity index (χ1v) is 4.15. The highest BCUT2D eigenvalue weighted by Gasteiger charge is 2.24. The number of nitrogens with zero attached hydrogens (tertiary/aromatic N) is 2. The fraction of sp³-hybridized carbons (Fsp3) is 0.333. The van der Waals surface area contributed by atoms with Crippen molar-refractivity contribution in [1.82, 2.24) is 0 Å². The van der Waals surface area contributed by atoms with E-state index in [-0.39, 0.29) is 0 Å². The molecule has 2 N–H and O–H groups in total. The third kappa shape index (κ3) is 2.49. The van der Waals surface area contributed by atoms with Gasteiger partial charge in [0.25, 0.3) is 0 Å². The van der Waals surface area contributed by atoms with Crippen LogP contribution in [0.3, 0.4) is 0 Å². The lowest BCUT2D eigenvalue weighted by Crippen LogP contribution is -2.14. The second-order valence-corrected chi connectivity index (χ2v) is 3.65. The van der Waals surface area contributed by atoms with E-state index in [0.717, 1.165) is 0 Å². The Hall–Kier alpha value is -1.98. The third-order valence-electron chi connectivity index (χ3n) is 1.68. The molecule has 6 nitrogen and oxygen atoms in total. The van der Waals surface area contributed by atoms with Gasteiger partial charge in [-0.05, 0) is 13.8 Å². The molecule has 0 aromatic carbocycles. The number of hydrogen-bond acceptors (Lipinski definition) is 4. The molecule has 0 radical (unpaired) electrons. The smallest absolute Gasteiger partial charge is 0.357 e. The molecule has 1 rings (SSSR count). The number of carbonyl (C=O) groups is 2. The van der Waals surface area contributed by atoms with Gasteiger partial charge < -0.3 is 10.2 Å². The zero-order valence-corrected chi connectivity index (χ0v) is 8.26. The summed E-state index contributed by atoms with van der Waals surface area (Å²) >= 11 is 0. The topological polar surface area (TPSA) is 99.3 Å². The van der Waals surface area contributed by atoms with Gasteiger partial charge in [-0.25, -0.2) is 9.59 Å². The van der Waals surface area contributed by atoms with Gasteiger partial charge in [-0.2, -0.15) is 0 Å². The second kappa shape index (κ2) is 3.64. The van der Waals surface area contributed by atoms with Crippen molar-refractivity contribution in [2.75, 3.05) is 0 Å². The summed E-state index contributed by atoms with van der Waals surface area (Å²) in [6.45, 7) is 3.48. The molecule has 0 fully saturated rings. The number of rotatable bonds is 2. The molecule has 1 aliphatic rings. The molecule has 0 spiro atoms. The Labute approximate surface area is 85.7 Å². The van der Waals surface area contributed by atoms with Crippen molar-refractivity contribution >= 4 is 24.4 Å². The average Bonchev–Trinajstić information content (AvgIpc) is 2.23. The summed E-state index contributed by atoms with van der Waals surface area (Å²) in [5.74, 6) is -2.81. The monoisotopic (exact) mass is 210 g/mol. The van der Waals surface area contributed by atoms with Crippen LogP contribution in [0.5, 0.6) is 0 Å². The van der Waals surface area contributed by atoms with Crippen molar-refractivity contribution in [2.45, 2.75) is 13.8 Å². The van der Waals surface area contributed by atoms with Crippen LogP contribution in [-0.4, -0.2) is 34.6 Å². The summed E-state index contributed by atoms with van der Waals surface area (Å²) in [5, 5.41) is 17.5. The molecule has 0 aromatic heterocycles. The molecule has 0 saturated carbocycles. The van der Waals surface area contributed by atoms with Crippen molar-refractivity contribution in [3.63, 3.8) is 0 Å². The Morgan fingerprint density at radius 2 is 1.40 bits per heavy atom. The number of carboxylic acid groups (broad SMARTS) is 2. The van der Waals surface area contributed by atoms with E-state index in [1.807, 2.05) is 0 Å². The minimum absolute atomic E-state index is 0.552. The lowest BCUT2D eigenvalue weighted by Gasteiger charge is -2.09. The summed E-state index contributed by atoms with van der Waals surface area (Å²) in [6, 6.07) is 0. The summed E-state index contributed by atoms with van der Waals surface area (Å²) in [7, 11) is 0. The highest BCUT2D eigenvalue weighted by molar-refractivity contribution is 6.03. The standard InChI is InChI=1S/C9H10N2O4/c1-9(2)3-10-5(7(12)13)6(8(14)15)11-4-9/h3-4H,1-2H3,(H,12,13)(H,14,15). The van der Waals surface area contributed by atoms with Crippen LogP contribution in [0, 0.1) is 5.41 Å². The van der Waals surface area contributed by atoms with Crippen LogP contribution in [0.15, 0.2) is 21.4 Å². The zero-order valence-electron chi connectivity index (χ0n) is 8.26. The fourth-order valence-corrected chi connectivity index (χ4v) is 0.930. The predicted octanol–water partition coefficient (Wildman–Crippen LogP) is 0.549. The summed E-state index contributed by atoms with van der Waals surface area (Å²) in [5.41, 5.74) is -1.66. The minimum atomic E-state index is -1.40. The number of aliphatic carboxylic acids is 2. The summed E-state index contributed by atoms with van der Waals surface area (Å²) in [4.78, 5) is 28.7. The van der Waals surface area contributed by atoms with Gasteiger partial charge in [-0.1, -0.05) is 0 Å². The van der Waals surface area contributed by atoms with Crippen LogP contribution >= 0.6 is 0 Å². The first-order valence-electron chi connectivity index (χ1n) is 4.15. The van der Waals surface area contributed by atoms with Crippen molar-refractivity contribution in [3.05, 3.63) is 11.4 Å². The molecular formula is C9H10N2O4. The van der Waals surface area contributed by atoms with E-state index in [9.17, 15) is 9.59 Å². The van der Waals surface area contributed by atoms with Crippen molar-refractivity contribution in [2.24, 2.45) is 15.4 Å². The summed E-state index contributed by atoms with van der Waals surface area (Å²) < 4.78 is 0.